The number of carbonyl (C=O) groups is 6. The number of hydrogen-bond donors (Lipinski definition) is 2. The van der Waals surface area contributed by atoms with Gasteiger partial charge in [0.05, 0.1) is 23.9 Å². The first kappa shape index (κ1) is 31.4. The maximum atomic E-state index is 9.10. The van der Waals surface area contributed by atoms with Crippen LogP contribution in [0.4, 0.5) is 0 Å². The molecule has 2 N–H and O–H groups in total. The summed E-state index contributed by atoms with van der Waals surface area (Å²) < 4.78 is 0. The summed E-state index contributed by atoms with van der Waals surface area (Å²) in [6.07, 6.45) is 0. The van der Waals surface area contributed by atoms with Crippen LogP contribution in [-0.2, 0) is 45.8 Å². The zero-order chi connectivity index (χ0) is 15.5. The third-order valence-corrected chi connectivity index (χ3v) is 0.516. The fourth-order valence-electron chi connectivity index (χ4n) is 0. The molecule has 0 aromatic rings. The fourth-order valence-corrected chi connectivity index (χ4v) is 0. The summed E-state index contributed by atoms with van der Waals surface area (Å²) in [4.78, 5) is 53.9. The summed E-state index contributed by atoms with van der Waals surface area (Å²) in [7, 11) is 0. The molecule has 0 aromatic heterocycles. The summed E-state index contributed by atoms with van der Waals surface area (Å²) in [5.41, 5.74) is 0. The van der Waals surface area contributed by atoms with Gasteiger partial charge in [-0.25, -0.2) is 9.59 Å². The van der Waals surface area contributed by atoms with Gasteiger partial charge in [-0.3, -0.25) is 0 Å². The first-order valence-electron chi connectivity index (χ1n) is 3.24. The molecular weight excluding hydrogens is 359 g/mol. The second kappa shape index (κ2) is 18.0. The quantitative estimate of drug-likeness (QED) is 0.302. The van der Waals surface area contributed by atoms with Gasteiger partial charge in [0, 0.05) is 0 Å². The molecule has 0 aliphatic carbocycles. The smallest absolute Gasteiger partial charge is 0.543 e. The van der Waals surface area contributed by atoms with E-state index in [1.165, 1.54) is 0 Å². The van der Waals surface area contributed by atoms with Crippen LogP contribution in [0.2, 0.25) is 0 Å². The first-order chi connectivity index (χ1) is 7.93. The fraction of sp³-hybridized carbons (Fsp3) is 0. The molecule has 12 nitrogen and oxygen atoms in total. The van der Waals surface area contributed by atoms with Crippen LogP contribution in [-0.4, -0.2) is 46.0 Å². The minimum Gasteiger partial charge on any atom is -0.543 e. The van der Waals surface area contributed by atoms with Crippen molar-refractivity contribution in [2.45, 2.75) is 0 Å². The number of hydrogen-bond acceptors (Lipinski definition) is 10. The van der Waals surface area contributed by atoms with Crippen molar-refractivity contribution in [3.63, 3.8) is 0 Å². The van der Waals surface area contributed by atoms with E-state index >= 15 is 0 Å². The molecule has 0 spiro atoms. The molecule has 14 heteroatoms. The number of carboxylic acids is 6. The molecule has 0 fully saturated rings. The Bertz CT molecular complexity index is 283. The average molecular weight is 361 g/mol. The monoisotopic (exact) mass is 361 g/mol. The molecule has 20 heavy (non-hydrogen) atoms. The van der Waals surface area contributed by atoms with Gasteiger partial charge in [-0.1, -0.05) is 0 Å². The molecular formula is C6H2FeKO12. The number of carbonyl (C=O) groups excluding carboxylic acids is 4. The van der Waals surface area contributed by atoms with Gasteiger partial charge in [0.1, 0.15) is 0 Å². The van der Waals surface area contributed by atoms with Crippen LogP contribution in [0.1, 0.15) is 0 Å². The molecule has 0 aliphatic heterocycles. The van der Waals surface area contributed by atoms with Crippen LogP contribution in [0.15, 0.2) is 0 Å². The van der Waals surface area contributed by atoms with Crippen molar-refractivity contribution in [2.75, 3.05) is 0 Å². The molecule has 107 valence electrons. The summed E-state index contributed by atoms with van der Waals surface area (Å²) in [5.74, 6) is -12.4. The number of aliphatic carboxylic acids is 6. The van der Waals surface area contributed by atoms with Crippen molar-refractivity contribution in [1.82, 2.24) is 0 Å². The third-order valence-electron chi connectivity index (χ3n) is 0.516. The Morgan fingerprint density at radius 3 is 0.650 bits per heavy atom. The van der Waals surface area contributed by atoms with Gasteiger partial charge >= 0.3 is 80.4 Å². The third kappa shape index (κ3) is 36.0. The van der Waals surface area contributed by atoms with E-state index in [9.17, 15) is 0 Å². The van der Waals surface area contributed by atoms with Gasteiger partial charge in [-0.05, 0) is 0 Å². The maximum absolute atomic E-state index is 9.10. The van der Waals surface area contributed by atoms with E-state index in [0.717, 1.165) is 0 Å². The Morgan fingerprint density at radius 1 is 0.550 bits per heavy atom. The zero-order valence-corrected chi connectivity index (χ0v) is 13.6. The Balaban J connectivity index is -0.0000000536. The van der Waals surface area contributed by atoms with E-state index in [1.807, 2.05) is 0 Å². The Labute approximate surface area is 162 Å². The molecule has 0 heterocycles. The topological polar surface area (TPSA) is 235 Å². The van der Waals surface area contributed by atoms with E-state index < -0.39 is 35.8 Å². The molecule has 0 unspecified atom stereocenters. The van der Waals surface area contributed by atoms with Crippen molar-refractivity contribution in [1.29, 1.82) is 0 Å². The van der Waals surface area contributed by atoms with Crippen molar-refractivity contribution in [2.24, 2.45) is 0 Å². The second-order valence-corrected chi connectivity index (χ2v) is 1.76. The summed E-state index contributed by atoms with van der Waals surface area (Å²) in [5, 5.41) is 50.5. The van der Waals surface area contributed by atoms with E-state index in [2.05, 4.69) is 0 Å². The van der Waals surface area contributed by atoms with Gasteiger partial charge in [0.25, 0.3) is 0 Å². The average Bonchev–Trinajstić information content (AvgIpc) is 2.18. The minimum absolute atomic E-state index is 0. The van der Waals surface area contributed by atoms with Crippen LogP contribution in [0.3, 0.4) is 0 Å². The van der Waals surface area contributed by atoms with Crippen molar-refractivity contribution in [3.8, 4) is 0 Å². The molecule has 0 bridgehead atoms. The predicted molar refractivity (Wildman–Crippen MR) is 35.3 cm³/mol. The van der Waals surface area contributed by atoms with E-state index in [0.29, 0.717) is 0 Å². The van der Waals surface area contributed by atoms with E-state index in [-0.39, 0.29) is 68.5 Å². The standard InChI is InChI=1S/3C2H2O4.Fe.K/c3*3-1(4)2(5)6;;/h3*(H,3,4)(H,5,6);;/q;;;+3;+1/p-4. The molecule has 1 radical (unpaired) electrons. The summed E-state index contributed by atoms with van der Waals surface area (Å²) in [6, 6.07) is 0. The molecule has 0 aromatic carbocycles. The van der Waals surface area contributed by atoms with Crippen molar-refractivity contribution < 1.29 is 128 Å². The van der Waals surface area contributed by atoms with Gasteiger partial charge in [-0.2, -0.15) is 0 Å². The maximum Gasteiger partial charge on any atom is 3.00 e. The van der Waals surface area contributed by atoms with Crippen LogP contribution in [0, 0.1) is 0 Å². The summed E-state index contributed by atoms with van der Waals surface area (Å²) in [6.45, 7) is 0. The summed E-state index contributed by atoms with van der Waals surface area (Å²) >= 11 is 0. The van der Waals surface area contributed by atoms with E-state index in [1.54, 1.807) is 0 Å². The SMILES string of the molecule is O=C(O)C(=O)O.O=C([O-])C(=O)[O-].O=C([O-])C(=O)[O-].[Fe+3].[K+]. The number of carboxylic acid groups (broad SMARTS) is 6. The molecule has 0 rings (SSSR count). The molecule has 0 saturated carbocycles. The Kier molecular flexibility index (Phi) is 28.2. The van der Waals surface area contributed by atoms with Crippen molar-refractivity contribution in [3.05, 3.63) is 0 Å². The van der Waals surface area contributed by atoms with Crippen LogP contribution < -0.4 is 71.8 Å². The van der Waals surface area contributed by atoms with Gasteiger partial charge in [-0.15, -0.1) is 0 Å². The van der Waals surface area contributed by atoms with Gasteiger partial charge in [0.2, 0.25) is 0 Å². The van der Waals surface area contributed by atoms with Crippen LogP contribution in [0.5, 0.6) is 0 Å². The minimum atomic E-state index is -2.19. The largest absolute Gasteiger partial charge is 3.00 e. The predicted octanol–water partition coefficient (Wildman–Crippen LogP) is -10.9. The van der Waals surface area contributed by atoms with Crippen LogP contribution >= 0.6 is 0 Å². The van der Waals surface area contributed by atoms with Gasteiger partial charge in [0.15, 0.2) is 0 Å². The Hall–Kier alpha value is -1.02. The van der Waals surface area contributed by atoms with Crippen molar-refractivity contribution >= 4 is 35.8 Å². The van der Waals surface area contributed by atoms with Crippen LogP contribution in [0.25, 0.3) is 0 Å². The second-order valence-electron chi connectivity index (χ2n) is 1.76. The van der Waals surface area contributed by atoms with E-state index in [4.69, 9.17) is 59.4 Å². The molecule has 0 saturated heterocycles. The van der Waals surface area contributed by atoms with Gasteiger partial charge < -0.3 is 49.8 Å². The zero-order valence-electron chi connectivity index (χ0n) is 9.33. The Morgan fingerprint density at radius 2 is 0.650 bits per heavy atom. The first-order valence-corrected chi connectivity index (χ1v) is 3.24. The molecule has 0 atom stereocenters. The number of rotatable bonds is 0. The molecule has 0 amide bonds. The molecule has 0 aliphatic rings. The normalized spacial score (nSPS) is 6.60.